The third kappa shape index (κ3) is 2.80. The summed E-state index contributed by atoms with van der Waals surface area (Å²) < 4.78 is 0.869. The molecule has 0 bridgehead atoms. The molecular weight excluding hydrogens is 299 g/mol. The van der Waals surface area contributed by atoms with Gasteiger partial charge in [-0.25, -0.2) is 0 Å². The predicted molar refractivity (Wildman–Crippen MR) is 70.8 cm³/mol. The number of hydrogen-bond acceptors (Lipinski definition) is 1. The molecule has 1 aliphatic carbocycles. The number of aldehydes is 1. The molecule has 1 nitrogen and oxygen atoms in total. The van der Waals surface area contributed by atoms with Gasteiger partial charge in [0.15, 0.2) is 0 Å². The Morgan fingerprint density at radius 3 is 2.20 bits per heavy atom. The van der Waals surface area contributed by atoms with Gasteiger partial charge in [0.05, 0.1) is 0 Å². The van der Waals surface area contributed by atoms with Gasteiger partial charge in [-0.2, -0.15) is 0 Å². The smallest absolute Gasteiger partial charge is 0.150 e. The number of carbonyl (C=O) groups excluding carboxylic acids is 1. The van der Waals surface area contributed by atoms with Crippen molar-refractivity contribution in [2.75, 3.05) is 0 Å². The van der Waals surface area contributed by atoms with Crippen LogP contribution in [-0.4, -0.2) is 10.2 Å². The standard InChI is InChI=1S/C13H15IO/c14-13-7-5-12(6-8-13)11-3-1-10(9-15)2-4-11/h1-4,9,12-13H,5-8H2. The van der Waals surface area contributed by atoms with Crippen molar-refractivity contribution < 1.29 is 4.79 Å². The summed E-state index contributed by atoms with van der Waals surface area (Å²) in [6.45, 7) is 0. The molecule has 0 aromatic heterocycles. The number of hydrogen-bond donors (Lipinski definition) is 0. The Labute approximate surface area is 104 Å². The van der Waals surface area contributed by atoms with Crippen LogP contribution in [0.1, 0.15) is 47.5 Å². The minimum Gasteiger partial charge on any atom is -0.298 e. The van der Waals surface area contributed by atoms with Gasteiger partial charge in [0.1, 0.15) is 6.29 Å². The van der Waals surface area contributed by atoms with E-state index in [0.29, 0.717) is 0 Å². The lowest BCUT2D eigenvalue weighted by molar-refractivity contribution is 0.112. The van der Waals surface area contributed by atoms with Crippen molar-refractivity contribution in [1.82, 2.24) is 0 Å². The Morgan fingerprint density at radius 2 is 1.67 bits per heavy atom. The van der Waals surface area contributed by atoms with Gasteiger partial charge in [-0.15, -0.1) is 0 Å². The number of benzene rings is 1. The SMILES string of the molecule is O=Cc1ccc(C2CCC(I)CC2)cc1. The molecular formula is C13H15IO. The maximum Gasteiger partial charge on any atom is 0.150 e. The number of rotatable bonds is 2. The summed E-state index contributed by atoms with van der Waals surface area (Å²) in [7, 11) is 0. The Bertz CT molecular complexity index is 323. The van der Waals surface area contributed by atoms with Crippen LogP contribution in [0, 0.1) is 0 Å². The fourth-order valence-corrected chi connectivity index (χ4v) is 2.95. The molecule has 0 amide bonds. The van der Waals surface area contributed by atoms with Gasteiger partial charge in [0, 0.05) is 9.49 Å². The first-order chi connectivity index (χ1) is 7.29. The second-order valence-corrected chi connectivity index (χ2v) is 6.00. The van der Waals surface area contributed by atoms with Crippen LogP contribution in [0.3, 0.4) is 0 Å². The molecule has 1 aliphatic rings. The molecule has 0 N–H and O–H groups in total. The monoisotopic (exact) mass is 314 g/mol. The van der Waals surface area contributed by atoms with Crippen LogP contribution in [-0.2, 0) is 0 Å². The largest absolute Gasteiger partial charge is 0.298 e. The Hall–Kier alpha value is -0.380. The van der Waals surface area contributed by atoms with E-state index in [0.717, 1.165) is 21.7 Å². The molecule has 1 aromatic carbocycles. The van der Waals surface area contributed by atoms with Crippen LogP contribution < -0.4 is 0 Å². The molecule has 1 aromatic rings. The molecule has 0 aliphatic heterocycles. The first kappa shape index (κ1) is 11.1. The molecule has 0 radical (unpaired) electrons. The van der Waals surface area contributed by atoms with Crippen LogP contribution >= 0.6 is 22.6 Å². The predicted octanol–water partition coefficient (Wildman–Crippen LogP) is 3.96. The Balaban J connectivity index is 2.06. The van der Waals surface area contributed by atoms with Gasteiger partial charge in [-0.3, -0.25) is 4.79 Å². The van der Waals surface area contributed by atoms with E-state index >= 15 is 0 Å². The van der Waals surface area contributed by atoms with Gasteiger partial charge < -0.3 is 0 Å². The van der Waals surface area contributed by atoms with E-state index in [4.69, 9.17) is 0 Å². The van der Waals surface area contributed by atoms with Crippen LogP contribution in [0.15, 0.2) is 24.3 Å². The summed E-state index contributed by atoms with van der Waals surface area (Å²) in [5.41, 5.74) is 2.19. The van der Waals surface area contributed by atoms with Crippen molar-refractivity contribution >= 4 is 28.9 Å². The molecule has 0 spiro atoms. The van der Waals surface area contributed by atoms with E-state index in [2.05, 4.69) is 34.7 Å². The summed E-state index contributed by atoms with van der Waals surface area (Å²) in [5, 5.41) is 0. The zero-order valence-electron chi connectivity index (χ0n) is 8.66. The fourth-order valence-electron chi connectivity index (χ4n) is 2.23. The highest BCUT2D eigenvalue weighted by Crippen LogP contribution is 2.35. The summed E-state index contributed by atoms with van der Waals surface area (Å²) in [6, 6.07) is 8.08. The van der Waals surface area contributed by atoms with Crippen molar-refractivity contribution in [3.05, 3.63) is 35.4 Å². The van der Waals surface area contributed by atoms with Crippen LogP contribution in [0.5, 0.6) is 0 Å². The quantitative estimate of drug-likeness (QED) is 0.459. The maximum atomic E-state index is 10.5. The first-order valence-electron chi connectivity index (χ1n) is 5.49. The lowest BCUT2D eigenvalue weighted by Gasteiger charge is -2.25. The average molecular weight is 314 g/mol. The van der Waals surface area contributed by atoms with Crippen LogP contribution in [0.25, 0.3) is 0 Å². The minimum absolute atomic E-state index is 0.719. The topological polar surface area (TPSA) is 17.1 Å². The van der Waals surface area contributed by atoms with E-state index in [1.807, 2.05) is 12.1 Å². The van der Waals surface area contributed by atoms with Crippen molar-refractivity contribution in [1.29, 1.82) is 0 Å². The molecule has 1 saturated carbocycles. The fraction of sp³-hybridized carbons (Fsp3) is 0.462. The first-order valence-corrected chi connectivity index (χ1v) is 6.73. The zero-order chi connectivity index (χ0) is 10.7. The van der Waals surface area contributed by atoms with Gasteiger partial charge in [-0.1, -0.05) is 46.9 Å². The van der Waals surface area contributed by atoms with Crippen molar-refractivity contribution in [3.63, 3.8) is 0 Å². The number of alkyl halides is 1. The number of carbonyl (C=O) groups is 1. The third-order valence-corrected chi connectivity index (χ3v) is 4.45. The highest BCUT2D eigenvalue weighted by atomic mass is 127. The normalized spacial score (nSPS) is 26.2. The van der Waals surface area contributed by atoms with Gasteiger partial charge in [0.25, 0.3) is 0 Å². The molecule has 0 saturated heterocycles. The highest BCUT2D eigenvalue weighted by molar-refractivity contribution is 14.1. The number of halogens is 1. The average Bonchev–Trinajstić information content (AvgIpc) is 2.30. The summed E-state index contributed by atoms with van der Waals surface area (Å²) in [6.07, 6.45) is 6.18. The molecule has 0 unspecified atom stereocenters. The van der Waals surface area contributed by atoms with Crippen molar-refractivity contribution in [2.45, 2.75) is 35.5 Å². The maximum absolute atomic E-state index is 10.5. The molecule has 0 heterocycles. The summed E-state index contributed by atoms with van der Waals surface area (Å²) in [5.74, 6) is 0.719. The molecule has 1 fully saturated rings. The minimum atomic E-state index is 0.719. The zero-order valence-corrected chi connectivity index (χ0v) is 10.8. The molecule has 2 rings (SSSR count). The van der Waals surface area contributed by atoms with E-state index in [1.54, 1.807) is 0 Å². The second-order valence-electron chi connectivity index (χ2n) is 4.23. The summed E-state index contributed by atoms with van der Waals surface area (Å²) in [4.78, 5) is 10.5. The molecule has 0 atom stereocenters. The Kier molecular flexibility index (Phi) is 3.78. The van der Waals surface area contributed by atoms with E-state index in [-0.39, 0.29) is 0 Å². The van der Waals surface area contributed by atoms with Gasteiger partial charge >= 0.3 is 0 Å². The van der Waals surface area contributed by atoms with E-state index in [1.165, 1.54) is 31.2 Å². The van der Waals surface area contributed by atoms with Crippen LogP contribution in [0.2, 0.25) is 0 Å². The molecule has 80 valence electrons. The van der Waals surface area contributed by atoms with E-state index < -0.39 is 0 Å². The summed E-state index contributed by atoms with van der Waals surface area (Å²) >= 11 is 2.55. The lowest BCUT2D eigenvalue weighted by Crippen LogP contribution is -2.12. The van der Waals surface area contributed by atoms with Crippen LogP contribution in [0.4, 0.5) is 0 Å². The van der Waals surface area contributed by atoms with Gasteiger partial charge in [0.2, 0.25) is 0 Å². The third-order valence-electron chi connectivity index (χ3n) is 3.20. The van der Waals surface area contributed by atoms with Crippen molar-refractivity contribution in [3.8, 4) is 0 Å². The van der Waals surface area contributed by atoms with E-state index in [9.17, 15) is 4.79 Å². The van der Waals surface area contributed by atoms with Gasteiger partial charge in [-0.05, 0) is 37.2 Å². The molecule has 2 heteroatoms. The lowest BCUT2D eigenvalue weighted by atomic mass is 9.84. The van der Waals surface area contributed by atoms with Crippen molar-refractivity contribution in [2.24, 2.45) is 0 Å². The second kappa shape index (κ2) is 5.10. The highest BCUT2D eigenvalue weighted by Gasteiger charge is 2.20. The Morgan fingerprint density at radius 1 is 1.07 bits per heavy atom. The molecule has 15 heavy (non-hydrogen) atoms.